The van der Waals surface area contributed by atoms with Gasteiger partial charge < -0.3 is 15.2 Å². The lowest BCUT2D eigenvalue weighted by Crippen LogP contribution is -2.34. The van der Waals surface area contributed by atoms with E-state index in [1.54, 1.807) is 13.0 Å². The van der Waals surface area contributed by atoms with Crippen molar-refractivity contribution in [2.45, 2.75) is 13.3 Å². The van der Waals surface area contributed by atoms with Crippen LogP contribution in [0.25, 0.3) is 0 Å². The van der Waals surface area contributed by atoms with Gasteiger partial charge in [0.1, 0.15) is 12.4 Å². The van der Waals surface area contributed by atoms with Gasteiger partial charge in [0, 0.05) is 6.54 Å². The number of carboxylic acid groups (broad SMARTS) is 1. The largest absolute Gasteiger partial charge is 0.481 e. The number of rotatable bonds is 7. The Balaban J connectivity index is 2.63. The Morgan fingerprint density at radius 1 is 1.52 bits per heavy atom. The Labute approximate surface area is 122 Å². The fourth-order valence-corrected chi connectivity index (χ4v) is 1.79. The Bertz CT molecular complexity index is 530. The number of amides is 1. The minimum Gasteiger partial charge on any atom is -0.481 e. The molecule has 0 aliphatic carbocycles. The van der Waals surface area contributed by atoms with Crippen LogP contribution in [-0.4, -0.2) is 30.3 Å². The Morgan fingerprint density at radius 2 is 2.24 bits per heavy atom. The first-order chi connectivity index (χ1) is 9.93. The number of aryl methyl sites for hydroxylation is 1. The van der Waals surface area contributed by atoms with Gasteiger partial charge >= 0.3 is 12.1 Å². The van der Waals surface area contributed by atoms with Crippen LogP contribution in [-0.2, 0) is 16.0 Å². The average Bonchev–Trinajstić information content (AvgIpc) is 2.42. The highest BCUT2D eigenvalue weighted by molar-refractivity contribution is 5.73. The van der Waals surface area contributed by atoms with Gasteiger partial charge in [-0.1, -0.05) is 18.7 Å². The number of alkyl carbamates (subject to hydrolysis) is 1. The summed E-state index contributed by atoms with van der Waals surface area (Å²) in [5.74, 6) is -2.22. The van der Waals surface area contributed by atoms with Gasteiger partial charge in [-0.25, -0.2) is 9.18 Å². The number of carboxylic acids is 1. The topological polar surface area (TPSA) is 75.6 Å². The summed E-state index contributed by atoms with van der Waals surface area (Å²) in [6.45, 7) is 5.10. The molecule has 0 radical (unpaired) electrons. The second kappa shape index (κ2) is 8.04. The minimum atomic E-state index is -1.04. The van der Waals surface area contributed by atoms with Gasteiger partial charge in [-0.3, -0.25) is 4.79 Å². The van der Waals surface area contributed by atoms with Gasteiger partial charge in [0.2, 0.25) is 0 Å². The number of aliphatic carboxylic acids is 1. The Kier molecular flexibility index (Phi) is 6.39. The lowest BCUT2D eigenvalue weighted by atomic mass is 9.96. The van der Waals surface area contributed by atoms with Gasteiger partial charge in [-0.05, 0) is 36.6 Å². The molecule has 1 amide bonds. The number of carbonyl (C=O) groups is 2. The maximum absolute atomic E-state index is 13.0. The Hall–Kier alpha value is -2.37. The van der Waals surface area contributed by atoms with E-state index in [-0.39, 0.29) is 25.4 Å². The maximum atomic E-state index is 13.0. The van der Waals surface area contributed by atoms with Gasteiger partial charge in [-0.2, -0.15) is 0 Å². The molecule has 0 spiro atoms. The zero-order valence-corrected chi connectivity index (χ0v) is 11.8. The van der Waals surface area contributed by atoms with Gasteiger partial charge in [0.05, 0.1) is 5.92 Å². The molecular weight excluding hydrogens is 277 g/mol. The normalized spacial score (nSPS) is 11.5. The molecule has 0 heterocycles. The fraction of sp³-hybridized carbons (Fsp3) is 0.333. The molecule has 0 saturated carbocycles. The first-order valence-corrected chi connectivity index (χ1v) is 6.43. The quantitative estimate of drug-likeness (QED) is 0.757. The van der Waals surface area contributed by atoms with Crippen LogP contribution >= 0.6 is 0 Å². The monoisotopic (exact) mass is 295 g/mol. The Morgan fingerprint density at radius 3 is 2.81 bits per heavy atom. The van der Waals surface area contributed by atoms with Crippen LogP contribution in [0.1, 0.15) is 11.1 Å². The smallest absolute Gasteiger partial charge is 0.407 e. The number of hydrogen-bond donors (Lipinski definition) is 2. The predicted octanol–water partition coefficient (Wildman–Crippen LogP) is 2.29. The molecule has 1 aromatic rings. The number of ether oxygens (including phenoxy) is 1. The van der Waals surface area contributed by atoms with E-state index in [9.17, 15) is 19.1 Å². The molecule has 114 valence electrons. The van der Waals surface area contributed by atoms with Crippen LogP contribution in [0.3, 0.4) is 0 Å². The molecule has 5 nitrogen and oxygen atoms in total. The number of halogens is 1. The van der Waals surface area contributed by atoms with E-state index in [2.05, 4.69) is 11.9 Å². The molecule has 21 heavy (non-hydrogen) atoms. The van der Waals surface area contributed by atoms with E-state index in [1.807, 2.05) is 0 Å². The highest BCUT2D eigenvalue weighted by atomic mass is 19.1. The molecule has 0 fully saturated rings. The lowest BCUT2D eigenvalue weighted by molar-refractivity contribution is -0.141. The molecular formula is C15H18FNO4. The van der Waals surface area contributed by atoms with Crippen LogP contribution in [0, 0.1) is 18.7 Å². The first kappa shape index (κ1) is 16.7. The molecule has 0 aliphatic heterocycles. The highest BCUT2D eigenvalue weighted by Gasteiger charge is 2.20. The average molecular weight is 295 g/mol. The summed E-state index contributed by atoms with van der Waals surface area (Å²) in [6, 6.07) is 4.18. The van der Waals surface area contributed by atoms with Gasteiger partial charge in [-0.15, -0.1) is 0 Å². The van der Waals surface area contributed by atoms with Gasteiger partial charge in [0.15, 0.2) is 0 Å². The predicted molar refractivity (Wildman–Crippen MR) is 75.5 cm³/mol. The van der Waals surface area contributed by atoms with E-state index in [0.717, 1.165) is 5.56 Å². The molecule has 6 heteroatoms. The van der Waals surface area contributed by atoms with Crippen molar-refractivity contribution in [3.63, 3.8) is 0 Å². The van der Waals surface area contributed by atoms with Crippen molar-refractivity contribution in [2.24, 2.45) is 5.92 Å². The summed E-state index contributed by atoms with van der Waals surface area (Å²) in [7, 11) is 0. The van der Waals surface area contributed by atoms with E-state index < -0.39 is 18.0 Å². The second-order valence-electron chi connectivity index (χ2n) is 4.58. The number of nitrogens with one attached hydrogen (secondary N) is 1. The number of carbonyl (C=O) groups excluding carboxylic acids is 1. The number of hydrogen-bond acceptors (Lipinski definition) is 3. The van der Waals surface area contributed by atoms with Crippen molar-refractivity contribution in [3.8, 4) is 0 Å². The van der Waals surface area contributed by atoms with Crippen LogP contribution < -0.4 is 5.32 Å². The molecule has 0 aromatic heterocycles. The van der Waals surface area contributed by atoms with Crippen molar-refractivity contribution in [3.05, 3.63) is 47.8 Å². The zero-order valence-electron chi connectivity index (χ0n) is 11.8. The molecule has 0 bridgehead atoms. The van der Waals surface area contributed by atoms with Crippen LogP contribution in [0.2, 0.25) is 0 Å². The van der Waals surface area contributed by atoms with Crippen molar-refractivity contribution in [1.29, 1.82) is 0 Å². The van der Waals surface area contributed by atoms with Crippen LogP contribution in [0.15, 0.2) is 30.9 Å². The van der Waals surface area contributed by atoms with Crippen LogP contribution in [0.5, 0.6) is 0 Å². The standard InChI is InChI=1S/C15H18FNO4/c1-3-6-21-15(20)17-9-12(14(18)19)8-11-4-5-13(16)7-10(11)2/h3-5,7,12H,1,6,8-9H2,2H3,(H,17,20)(H,18,19). The molecule has 1 unspecified atom stereocenters. The third-order valence-corrected chi connectivity index (χ3v) is 2.95. The molecule has 2 N–H and O–H groups in total. The third kappa shape index (κ3) is 5.64. The molecule has 1 rings (SSSR count). The number of benzene rings is 1. The minimum absolute atomic E-state index is 0.0562. The van der Waals surface area contributed by atoms with Crippen molar-refractivity contribution >= 4 is 12.1 Å². The summed E-state index contributed by atoms with van der Waals surface area (Å²) in [4.78, 5) is 22.5. The van der Waals surface area contributed by atoms with E-state index in [1.165, 1.54) is 18.2 Å². The zero-order chi connectivity index (χ0) is 15.8. The summed E-state index contributed by atoms with van der Waals surface area (Å²) >= 11 is 0. The molecule has 1 atom stereocenters. The van der Waals surface area contributed by atoms with Crippen molar-refractivity contribution in [1.82, 2.24) is 5.32 Å². The highest BCUT2D eigenvalue weighted by Crippen LogP contribution is 2.15. The summed E-state index contributed by atoms with van der Waals surface area (Å²) in [5.41, 5.74) is 1.40. The maximum Gasteiger partial charge on any atom is 0.407 e. The van der Waals surface area contributed by atoms with Crippen molar-refractivity contribution in [2.75, 3.05) is 13.2 Å². The summed E-state index contributed by atoms with van der Waals surface area (Å²) in [6.07, 6.45) is 0.913. The summed E-state index contributed by atoms with van der Waals surface area (Å²) in [5, 5.41) is 11.6. The van der Waals surface area contributed by atoms with E-state index in [0.29, 0.717) is 5.56 Å². The second-order valence-corrected chi connectivity index (χ2v) is 4.58. The third-order valence-electron chi connectivity index (χ3n) is 2.95. The summed E-state index contributed by atoms with van der Waals surface area (Å²) < 4.78 is 17.7. The van der Waals surface area contributed by atoms with Crippen LogP contribution in [0.4, 0.5) is 9.18 Å². The molecule has 0 saturated heterocycles. The molecule has 1 aromatic carbocycles. The van der Waals surface area contributed by atoms with E-state index in [4.69, 9.17) is 4.74 Å². The SMILES string of the molecule is C=CCOC(=O)NCC(Cc1ccc(F)cc1C)C(=O)O. The van der Waals surface area contributed by atoms with Gasteiger partial charge in [0.25, 0.3) is 0 Å². The van der Waals surface area contributed by atoms with E-state index >= 15 is 0 Å². The van der Waals surface area contributed by atoms with Crippen molar-refractivity contribution < 1.29 is 23.8 Å². The first-order valence-electron chi connectivity index (χ1n) is 6.43. The molecule has 0 aliphatic rings. The fourth-order valence-electron chi connectivity index (χ4n) is 1.79. The lowest BCUT2D eigenvalue weighted by Gasteiger charge is -2.15.